The van der Waals surface area contributed by atoms with E-state index in [9.17, 15) is 28.1 Å². The molecule has 0 aromatic heterocycles. The van der Waals surface area contributed by atoms with Crippen molar-refractivity contribution in [2.45, 2.75) is 46.8 Å². The normalized spacial score (nSPS) is 10.5. The number of carbonyl (C=O) groups excluding carboxylic acids is 1. The molecule has 0 bridgehead atoms. The fourth-order valence-electron chi connectivity index (χ4n) is 1.39. The van der Waals surface area contributed by atoms with Gasteiger partial charge in [0.15, 0.2) is 5.75 Å². The number of benzene rings is 1. The molecule has 0 saturated heterocycles. The zero-order chi connectivity index (χ0) is 19.1. The van der Waals surface area contributed by atoms with E-state index in [1.165, 1.54) is 0 Å². The molecule has 0 heterocycles. The lowest BCUT2D eigenvalue weighted by molar-refractivity contribution is -0.387. The molecule has 24 heavy (non-hydrogen) atoms. The molecule has 1 N–H and O–H groups in total. The van der Waals surface area contributed by atoms with E-state index in [2.05, 4.69) is 4.74 Å². The summed E-state index contributed by atoms with van der Waals surface area (Å²) in [7, 11) is 0. The highest BCUT2D eigenvalue weighted by Crippen LogP contribution is 2.33. The SMILES string of the molecule is CC.CC(C)(C)OC(=O)Nc1cc([N+](=O)[O-])c(F)cc1OC(F)F. The smallest absolute Gasteiger partial charge is 0.412 e. The van der Waals surface area contributed by atoms with E-state index in [1.807, 2.05) is 19.2 Å². The quantitative estimate of drug-likeness (QED) is 0.626. The van der Waals surface area contributed by atoms with Crippen LogP contribution in [-0.2, 0) is 4.74 Å². The zero-order valence-electron chi connectivity index (χ0n) is 13.9. The lowest BCUT2D eigenvalue weighted by atomic mass is 10.2. The molecule has 0 unspecified atom stereocenters. The Kier molecular flexibility index (Phi) is 8.00. The summed E-state index contributed by atoms with van der Waals surface area (Å²) in [5.74, 6) is -2.14. The highest BCUT2D eigenvalue weighted by atomic mass is 19.3. The van der Waals surface area contributed by atoms with Crippen molar-refractivity contribution < 1.29 is 32.4 Å². The second kappa shape index (κ2) is 8.94. The van der Waals surface area contributed by atoms with Gasteiger partial charge in [-0.2, -0.15) is 13.2 Å². The van der Waals surface area contributed by atoms with Crippen molar-refractivity contribution in [1.29, 1.82) is 0 Å². The molecule has 136 valence electrons. The van der Waals surface area contributed by atoms with Crippen molar-refractivity contribution in [2.24, 2.45) is 0 Å². The van der Waals surface area contributed by atoms with Crippen LogP contribution in [0.25, 0.3) is 0 Å². The molecule has 10 heteroatoms. The van der Waals surface area contributed by atoms with E-state index in [1.54, 1.807) is 20.8 Å². The summed E-state index contributed by atoms with van der Waals surface area (Å²) in [5.41, 5.74) is -2.41. The maximum atomic E-state index is 13.4. The van der Waals surface area contributed by atoms with Crippen LogP contribution in [0.4, 0.5) is 29.3 Å². The van der Waals surface area contributed by atoms with Crippen LogP contribution in [0.2, 0.25) is 0 Å². The Hall–Kier alpha value is -2.52. The third-order valence-electron chi connectivity index (χ3n) is 2.10. The molecule has 1 amide bonds. The van der Waals surface area contributed by atoms with Gasteiger partial charge < -0.3 is 9.47 Å². The van der Waals surface area contributed by atoms with Crippen molar-refractivity contribution in [3.05, 3.63) is 28.1 Å². The van der Waals surface area contributed by atoms with E-state index < -0.39 is 46.2 Å². The average molecular weight is 352 g/mol. The molecule has 0 aliphatic heterocycles. The number of alkyl halides is 2. The molecule has 0 saturated carbocycles. The van der Waals surface area contributed by atoms with Crippen LogP contribution in [-0.4, -0.2) is 23.2 Å². The van der Waals surface area contributed by atoms with Crippen LogP contribution in [0.15, 0.2) is 12.1 Å². The predicted molar refractivity (Wildman–Crippen MR) is 80.9 cm³/mol. The van der Waals surface area contributed by atoms with Crippen molar-refractivity contribution in [1.82, 2.24) is 0 Å². The number of carbonyl (C=O) groups is 1. The molecule has 1 aromatic carbocycles. The lowest BCUT2D eigenvalue weighted by Gasteiger charge is -2.20. The number of halogens is 3. The van der Waals surface area contributed by atoms with Crippen molar-refractivity contribution in [3.8, 4) is 5.75 Å². The standard InChI is InChI=1S/C12H13F3N2O5.C2H6/c1-12(2,3)22-11(18)16-7-5-8(17(19)20)6(13)4-9(7)21-10(14)15;1-2/h4-5,10H,1-3H3,(H,16,18);1-2H3. The van der Waals surface area contributed by atoms with Crippen molar-refractivity contribution in [3.63, 3.8) is 0 Å². The van der Waals surface area contributed by atoms with E-state index in [0.717, 1.165) is 0 Å². The Morgan fingerprint density at radius 2 is 1.83 bits per heavy atom. The topological polar surface area (TPSA) is 90.7 Å². The molecule has 0 atom stereocenters. The Labute approximate surface area is 136 Å². The molecule has 0 aliphatic carbocycles. The van der Waals surface area contributed by atoms with Crippen LogP contribution < -0.4 is 10.1 Å². The number of ether oxygens (including phenoxy) is 2. The predicted octanol–water partition coefficient (Wildman–Crippen LogP) is 4.71. The first-order valence-corrected chi connectivity index (χ1v) is 6.92. The van der Waals surface area contributed by atoms with Gasteiger partial charge in [-0.05, 0) is 20.8 Å². The maximum absolute atomic E-state index is 13.4. The fourth-order valence-corrected chi connectivity index (χ4v) is 1.39. The van der Waals surface area contributed by atoms with Gasteiger partial charge in [-0.25, -0.2) is 4.79 Å². The minimum absolute atomic E-state index is 0.386. The number of hydrogen-bond acceptors (Lipinski definition) is 5. The number of amides is 1. The first-order chi connectivity index (χ1) is 11.0. The molecule has 0 aliphatic rings. The first kappa shape index (κ1) is 21.5. The van der Waals surface area contributed by atoms with Gasteiger partial charge >= 0.3 is 18.4 Å². The second-order valence-electron chi connectivity index (χ2n) is 5.06. The Morgan fingerprint density at radius 1 is 1.29 bits per heavy atom. The van der Waals surface area contributed by atoms with Crippen molar-refractivity contribution >= 4 is 17.5 Å². The molecular formula is C14H19F3N2O5. The third-order valence-corrected chi connectivity index (χ3v) is 2.10. The van der Waals surface area contributed by atoms with Gasteiger partial charge in [-0.15, -0.1) is 0 Å². The highest BCUT2D eigenvalue weighted by Gasteiger charge is 2.24. The second-order valence-corrected chi connectivity index (χ2v) is 5.06. The molecule has 1 rings (SSSR count). The summed E-state index contributed by atoms with van der Waals surface area (Å²) in [6.45, 7) is 5.35. The Morgan fingerprint density at radius 3 is 2.25 bits per heavy atom. The first-order valence-electron chi connectivity index (χ1n) is 6.92. The molecule has 0 spiro atoms. The summed E-state index contributed by atoms with van der Waals surface area (Å²) < 4.78 is 46.9. The summed E-state index contributed by atoms with van der Waals surface area (Å²) >= 11 is 0. The number of nitrogens with one attached hydrogen (secondary N) is 1. The number of nitro benzene ring substituents is 1. The largest absolute Gasteiger partial charge is 0.444 e. The Bertz CT molecular complexity index is 589. The number of hydrogen-bond donors (Lipinski definition) is 1. The summed E-state index contributed by atoms with van der Waals surface area (Å²) in [5, 5.41) is 12.7. The maximum Gasteiger partial charge on any atom is 0.412 e. The third kappa shape index (κ3) is 7.16. The zero-order valence-corrected chi connectivity index (χ0v) is 13.9. The van der Waals surface area contributed by atoms with Crippen molar-refractivity contribution in [2.75, 3.05) is 5.32 Å². The number of nitrogens with zero attached hydrogens (tertiary/aromatic N) is 1. The van der Waals surface area contributed by atoms with Crippen LogP contribution >= 0.6 is 0 Å². The molecule has 0 fully saturated rings. The highest BCUT2D eigenvalue weighted by molar-refractivity contribution is 5.87. The van der Waals surface area contributed by atoms with Gasteiger partial charge in [0.25, 0.3) is 0 Å². The molecule has 7 nitrogen and oxygen atoms in total. The summed E-state index contributed by atoms with van der Waals surface area (Å²) in [4.78, 5) is 21.2. The van der Waals surface area contributed by atoms with Crippen LogP contribution in [0, 0.1) is 15.9 Å². The van der Waals surface area contributed by atoms with Crippen LogP contribution in [0.1, 0.15) is 34.6 Å². The molecular weight excluding hydrogens is 333 g/mol. The monoisotopic (exact) mass is 352 g/mol. The van der Waals surface area contributed by atoms with Gasteiger partial charge in [0.05, 0.1) is 10.6 Å². The van der Waals surface area contributed by atoms with Crippen LogP contribution in [0.5, 0.6) is 5.75 Å². The number of nitro groups is 1. The van der Waals surface area contributed by atoms with Gasteiger partial charge in [-0.3, -0.25) is 15.4 Å². The number of rotatable bonds is 4. The minimum atomic E-state index is -3.31. The van der Waals surface area contributed by atoms with Gasteiger partial charge in [-0.1, -0.05) is 13.8 Å². The fraction of sp³-hybridized carbons (Fsp3) is 0.500. The Balaban J connectivity index is 0.00000254. The summed E-state index contributed by atoms with van der Waals surface area (Å²) in [6.07, 6.45) is -1.06. The van der Waals surface area contributed by atoms with E-state index in [-0.39, 0.29) is 0 Å². The van der Waals surface area contributed by atoms with Crippen LogP contribution in [0.3, 0.4) is 0 Å². The average Bonchev–Trinajstić information content (AvgIpc) is 2.40. The van der Waals surface area contributed by atoms with E-state index in [4.69, 9.17) is 4.74 Å². The van der Waals surface area contributed by atoms with Gasteiger partial charge in [0, 0.05) is 12.1 Å². The molecule has 1 aromatic rings. The summed E-state index contributed by atoms with van der Waals surface area (Å²) in [6, 6.07) is 0.952. The molecule has 0 radical (unpaired) electrons. The minimum Gasteiger partial charge on any atom is -0.444 e. The van der Waals surface area contributed by atoms with Gasteiger partial charge in [0.2, 0.25) is 5.82 Å². The lowest BCUT2D eigenvalue weighted by Crippen LogP contribution is -2.27. The van der Waals surface area contributed by atoms with E-state index in [0.29, 0.717) is 12.1 Å². The number of anilines is 1. The van der Waals surface area contributed by atoms with E-state index >= 15 is 0 Å². The van der Waals surface area contributed by atoms with Gasteiger partial charge in [0.1, 0.15) is 5.60 Å².